The molecule has 0 saturated carbocycles. The molecule has 1 aromatic heterocycles. The summed E-state index contributed by atoms with van der Waals surface area (Å²) in [6, 6.07) is 3.61. The quantitative estimate of drug-likeness (QED) is 0.740. The third-order valence-electron chi connectivity index (χ3n) is 3.76. The van der Waals surface area contributed by atoms with Gasteiger partial charge in [0.15, 0.2) is 0 Å². The predicted molar refractivity (Wildman–Crippen MR) is 67.9 cm³/mol. The van der Waals surface area contributed by atoms with Crippen LogP contribution in [0.5, 0.6) is 0 Å². The third-order valence-corrected chi connectivity index (χ3v) is 3.76. The van der Waals surface area contributed by atoms with E-state index in [1.165, 1.54) is 11.3 Å². The fourth-order valence-electron chi connectivity index (χ4n) is 2.65. The van der Waals surface area contributed by atoms with E-state index in [4.69, 9.17) is 0 Å². The van der Waals surface area contributed by atoms with Crippen molar-refractivity contribution in [1.82, 2.24) is 9.88 Å². The van der Waals surface area contributed by atoms with Gasteiger partial charge in [-0.15, -0.1) is 0 Å². The first-order chi connectivity index (χ1) is 8.15. The fourth-order valence-corrected chi connectivity index (χ4v) is 2.65. The number of nitrogens with zero attached hydrogens (tertiary/aromatic N) is 1. The Morgan fingerprint density at radius 3 is 2.82 bits per heavy atom. The molecule has 0 radical (unpaired) electrons. The molecule has 0 saturated heterocycles. The second-order valence-electron chi connectivity index (χ2n) is 5.03. The van der Waals surface area contributed by atoms with Gasteiger partial charge in [0.25, 0.3) is 0 Å². The van der Waals surface area contributed by atoms with Gasteiger partial charge >= 0.3 is 0 Å². The zero-order valence-electron chi connectivity index (χ0n) is 10.3. The highest BCUT2D eigenvalue weighted by Crippen LogP contribution is 2.27. The van der Waals surface area contributed by atoms with Crippen molar-refractivity contribution >= 4 is 10.9 Å². The number of halogens is 1. The lowest BCUT2D eigenvalue weighted by Gasteiger charge is -2.11. The molecule has 2 heterocycles. The zero-order valence-corrected chi connectivity index (χ0v) is 10.3. The number of aryl methyl sites for hydroxylation is 1. The van der Waals surface area contributed by atoms with Crippen LogP contribution in [0.4, 0.5) is 4.39 Å². The molecule has 3 heteroatoms. The number of hydrogen-bond donors (Lipinski definition) is 1. The van der Waals surface area contributed by atoms with Gasteiger partial charge in [0.1, 0.15) is 5.82 Å². The van der Waals surface area contributed by atoms with Crippen molar-refractivity contribution in [2.75, 3.05) is 20.1 Å². The van der Waals surface area contributed by atoms with E-state index in [2.05, 4.69) is 16.9 Å². The maximum absolute atomic E-state index is 13.7. The monoisotopic (exact) mass is 232 g/mol. The van der Waals surface area contributed by atoms with Crippen molar-refractivity contribution in [2.45, 2.75) is 19.8 Å². The molecule has 3 rings (SSSR count). The smallest absolute Gasteiger partial charge is 0.126 e. The van der Waals surface area contributed by atoms with Crippen molar-refractivity contribution in [3.63, 3.8) is 0 Å². The van der Waals surface area contributed by atoms with Gasteiger partial charge in [-0.1, -0.05) is 0 Å². The number of aromatic nitrogens is 1. The van der Waals surface area contributed by atoms with Crippen molar-refractivity contribution < 1.29 is 4.39 Å². The molecule has 90 valence electrons. The number of aromatic amines is 1. The van der Waals surface area contributed by atoms with Crippen LogP contribution in [-0.4, -0.2) is 30.0 Å². The molecule has 2 aromatic rings. The van der Waals surface area contributed by atoms with E-state index in [9.17, 15) is 4.39 Å². The van der Waals surface area contributed by atoms with Gasteiger partial charge in [0.2, 0.25) is 0 Å². The van der Waals surface area contributed by atoms with Gasteiger partial charge in [0.05, 0.1) is 0 Å². The first-order valence-electron chi connectivity index (χ1n) is 6.13. The van der Waals surface area contributed by atoms with Crippen LogP contribution in [0.15, 0.2) is 12.1 Å². The van der Waals surface area contributed by atoms with Gasteiger partial charge < -0.3 is 9.88 Å². The summed E-state index contributed by atoms with van der Waals surface area (Å²) < 4.78 is 13.7. The number of likely N-dealkylation sites (N-methyl/N-ethyl adjacent to an activating group) is 1. The SMILES string of the molecule is Cc1cc2[nH]c3c(c2cc1F)CCN(C)CC3. The first kappa shape index (κ1) is 10.8. The molecule has 0 spiro atoms. The van der Waals surface area contributed by atoms with E-state index in [0.29, 0.717) is 5.56 Å². The molecular weight excluding hydrogens is 215 g/mol. The van der Waals surface area contributed by atoms with Crippen molar-refractivity contribution in [3.05, 3.63) is 34.8 Å². The number of benzene rings is 1. The van der Waals surface area contributed by atoms with E-state index in [0.717, 1.165) is 36.8 Å². The minimum absolute atomic E-state index is 0.100. The standard InChI is InChI=1S/C14H17FN2/c1-9-7-14-11(8-12(9)15)10-3-5-17(2)6-4-13(10)16-14/h7-8,16H,3-6H2,1-2H3. The van der Waals surface area contributed by atoms with Crippen LogP contribution in [0.1, 0.15) is 16.8 Å². The number of nitrogens with one attached hydrogen (secondary N) is 1. The maximum atomic E-state index is 13.7. The van der Waals surface area contributed by atoms with Crippen LogP contribution in [0.2, 0.25) is 0 Å². The molecule has 2 nitrogen and oxygen atoms in total. The normalized spacial score (nSPS) is 17.1. The van der Waals surface area contributed by atoms with E-state index >= 15 is 0 Å². The Kier molecular flexibility index (Phi) is 2.44. The van der Waals surface area contributed by atoms with Gasteiger partial charge in [-0.3, -0.25) is 0 Å². The summed E-state index contributed by atoms with van der Waals surface area (Å²) in [5, 5.41) is 1.07. The number of H-pyrrole nitrogens is 1. The van der Waals surface area contributed by atoms with Crippen molar-refractivity contribution in [2.24, 2.45) is 0 Å². The molecule has 17 heavy (non-hydrogen) atoms. The summed E-state index contributed by atoms with van der Waals surface area (Å²) in [5.41, 5.74) is 4.39. The molecule has 0 unspecified atom stereocenters. The van der Waals surface area contributed by atoms with Gasteiger partial charge in [0, 0.05) is 36.1 Å². The lowest BCUT2D eigenvalue weighted by Crippen LogP contribution is -2.21. The summed E-state index contributed by atoms with van der Waals surface area (Å²) >= 11 is 0. The molecule has 1 aromatic carbocycles. The molecular formula is C14H17FN2. The Morgan fingerprint density at radius 2 is 2.00 bits per heavy atom. The van der Waals surface area contributed by atoms with Crippen molar-refractivity contribution in [3.8, 4) is 0 Å². The second kappa shape index (κ2) is 3.84. The highest BCUT2D eigenvalue weighted by Gasteiger charge is 2.17. The molecule has 0 aliphatic carbocycles. The first-order valence-corrected chi connectivity index (χ1v) is 6.13. The van der Waals surface area contributed by atoms with Gasteiger partial charge in [-0.25, -0.2) is 4.39 Å². The van der Waals surface area contributed by atoms with E-state index in [1.54, 1.807) is 6.07 Å². The number of rotatable bonds is 0. The molecule has 0 bridgehead atoms. The average Bonchev–Trinajstić information content (AvgIpc) is 2.50. The van der Waals surface area contributed by atoms with Crippen LogP contribution in [0.25, 0.3) is 10.9 Å². The molecule has 0 atom stereocenters. The molecule has 0 fully saturated rings. The van der Waals surface area contributed by atoms with Crippen LogP contribution >= 0.6 is 0 Å². The summed E-state index contributed by atoms with van der Waals surface area (Å²) in [6.07, 6.45) is 2.04. The predicted octanol–water partition coefficient (Wildman–Crippen LogP) is 2.65. The highest BCUT2D eigenvalue weighted by atomic mass is 19.1. The van der Waals surface area contributed by atoms with Crippen LogP contribution < -0.4 is 0 Å². The van der Waals surface area contributed by atoms with E-state index in [1.807, 2.05) is 13.0 Å². The lowest BCUT2D eigenvalue weighted by molar-refractivity contribution is 0.352. The average molecular weight is 232 g/mol. The summed E-state index contributed by atoms with van der Waals surface area (Å²) in [4.78, 5) is 5.77. The Labute approximate surface area is 100 Å². The van der Waals surface area contributed by atoms with Gasteiger partial charge in [-0.2, -0.15) is 0 Å². The van der Waals surface area contributed by atoms with Crippen LogP contribution in [-0.2, 0) is 12.8 Å². The number of fused-ring (bicyclic) bond motifs is 3. The van der Waals surface area contributed by atoms with Crippen molar-refractivity contribution in [1.29, 1.82) is 0 Å². The molecule has 1 N–H and O–H groups in total. The van der Waals surface area contributed by atoms with E-state index < -0.39 is 0 Å². The Hall–Kier alpha value is -1.35. The molecule has 1 aliphatic heterocycles. The minimum atomic E-state index is -0.100. The van der Waals surface area contributed by atoms with Gasteiger partial charge in [-0.05, 0) is 43.7 Å². The maximum Gasteiger partial charge on any atom is 0.126 e. The zero-order chi connectivity index (χ0) is 12.0. The fraction of sp³-hybridized carbons (Fsp3) is 0.429. The second-order valence-corrected chi connectivity index (χ2v) is 5.03. The Morgan fingerprint density at radius 1 is 1.24 bits per heavy atom. The molecule has 1 aliphatic rings. The Balaban J connectivity index is 2.18. The Bertz CT molecular complexity index is 571. The summed E-state index contributed by atoms with van der Waals surface area (Å²) in [6.45, 7) is 3.94. The topological polar surface area (TPSA) is 19.0 Å². The number of hydrogen-bond acceptors (Lipinski definition) is 1. The lowest BCUT2D eigenvalue weighted by atomic mass is 10.1. The molecule has 0 amide bonds. The largest absolute Gasteiger partial charge is 0.358 e. The highest BCUT2D eigenvalue weighted by molar-refractivity contribution is 5.85. The summed E-state index contributed by atoms with van der Waals surface area (Å²) in [7, 11) is 2.14. The summed E-state index contributed by atoms with van der Waals surface area (Å²) in [5.74, 6) is -0.100. The van der Waals surface area contributed by atoms with E-state index in [-0.39, 0.29) is 5.82 Å². The minimum Gasteiger partial charge on any atom is -0.358 e. The van der Waals surface area contributed by atoms with Crippen LogP contribution in [0.3, 0.4) is 0 Å². The third kappa shape index (κ3) is 1.75. The van der Waals surface area contributed by atoms with Crippen LogP contribution in [0, 0.1) is 12.7 Å².